The molecular formula is C23H24Cl2N2O6S. The van der Waals surface area contributed by atoms with E-state index in [1.54, 1.807) is 25.2 Å². The Morgan fingerprint density at radius 1 is 1.06 bits per heavy atom. The molecule has 182 valence electrons. The second-order valence-electron chi connectivity index (χ2n) is 8.71. The molecule has 3 atom stereocenters. The number of sulfonamides is 1. The van der Waals surface area contributed by atoms with Crippen molar-refractivity contribution in [3.63, 3.8) is 0 Å². The molecule has 3 aliphatic rings. The van der Waals surface area contributed by atoms with Gasteiger partial charge in [0.15, 0.2) is 5.75 Å². The van der Waals surface area contributed by atoms with Crippen LogP contribution in [0.1, 0.15) is 36.4 Å². The topological polar surface area (TPSA) is 96.4 Å². The summed E-state index contributed by atoms with van der Waals surface area (Å²) in [6, 6.07) is 4.24. The van der Waals surface area contributed by atoms with Crippen LogP contribution in [0.3, 0.4) is 0 Å². The number of benzene rings is 2. The summed E-state index contributed by atoms with van der Waals surface area (Å²) in [6.07, 6.45) is 2.37. The highest BCUT2D eigenvalue weighted by Gasteiger charge is 2.55. The Hall–Kier alpha value is -2.20. The van der Waals surface area contributed by atoms with Crippen LogP contribution in [0.15, 0.2) is 29.2 Å². The van der Waals surface area contributed by atoms with Crippen molar-refractivity contribution in [3.05, 3.63) is 45.4 Å². The summed E-state index contributed by atoms with van der Waals surface area (Å²) in [4.78, 5) is 15.3. The molecule has 2 saturated heterocycles. The molecule has 0 spiro atoms. The largest absolute Gasteiger partial charge is 0.505 e. The zero-order valence-electron chi connectivity index (χ0n) is 18.6. The van der Waals surface area contributed by atoms with E-state index >= 15 is 0 Å². The molecule has 1 amide bonds. The van der Waals surface area contributed by atoms with Crippen LogP contribution in [0.5, 0.6) is 17.2 Å². The maximum Gasteiger partial charge on any atom is 0.244 e. The molecule has 34 heavy (non-hydrogen) atoms. The van der Waals surface area contributed by atoms with Gasteiger partial charge in [0.05, 0.1) is 41.2 Å². The minimum absolute atomic E-state index is 0.156. The van der Waals surface area contributed by atoms with Gasteiger partial charge in [-0.3, -0.25) is 4.79 Å². The van der Waals surface area contributed by atoms with Crippen molar-refractivity contribution in [2.24, 2.45) is 0 Å². The number of hydrogen-bond donors (Lipinski definition) is 1. The van der Waals surface area contributed by atoms with Crippen LogP contribution in [0.2, 0.25) is 10.0 Å². The van der Waals surface area contributed by atoms with E-state index in [2.05, 4.69) is 0 Å². The molecule has 8 nitrogen and oxygen atoms in total. The van der Waals surface area contributed by atoms with Crippen molar-refractivity contribution in [1.29, 1.82) is 0 Å². The Labute approximate surface area is 208 Å². The summed E-state index contributed by atoms with van der Waals surface area (Å²) in [7, 11) is -1.03. The molecule has 11 heteroatoms. The van der Waals surface area contributed by atoms with Crippen molar-refractivity contribution in [2.75, 3.05) is 20.8 Å². The second-order valence-corrected chi connectivity index (χ2v) is 11.4. The van der Waals surface area contributed by atoms with Gasteiger partial charge in [-0.2, -0.15) is 4.31 Å². The van der Waals surface area contributed by atoms with Gasteiger partial charge in [0.25, 0.3) is 0 Å². The quantitative estimate of drug-likeness (QED) is 0.651. The third kappa shape index (κ3) is 3.44. The zero-order chi connectivity index (χ0) is 24.4. The van der Waals surface area contributed by atoms with Gasteiger partial charge >= 0.3 is 0 Å². The van der Waals surface area contributed by atoms with Gasteiger partial charge in [-0.1, -0.05) is 23.2 Å². The number of aromatic hydroxyl groups is 1. The molecule has 2 aromatic rings. The lowest BCUT2D eigenvalue weighted by atomic mass is 9.79. The molecule has 5 rings (SSSR count). The second kappa shape index (κ2) is 8.48. The van der Waals surface area contributed by atoms with E-state index < -0.39 is 28.1 Å². The summed E-state index contributed by atoms with van der Waals surface area (Å²) in [5.41, 5.74) is 1.79. The number of rotatable bonds is 4. The summed E-state index contributed by atoms with van der Waals surface area (Å²) < 4.78 is 40.2. The van der Waals surface area contributed by atoms with E-state index in [-0.39, 0.29) is 26.6 Å². The van der Waals surface area contributed by atoms with Gasteiger partial charge in [0.1, 0.15) is 17.5 Å². The van der Waals surface area contributed by atoms with Crippen LogP contribution in [-0.2, 0) is 21.2 Å². The highest BCUT2D eigenvalue weighted by atomic mass is 35.5. The van der Waals surface area contributed by atoms with E-state index in [1.807, 2.05) is 6.07 Å². The van der Waals surface area contributed by atoms with Gasteiger partial charge in [0, 0.05) is 18.2 Å². The van der Waals surface area contributed by atoms with Crippen LogP contribution in [0.4, 0.5) is 0 Å². The van der Waals surface area contributed by atoms with E-state index in [0.717, 1.165) is 17.5 Å². The number of halogens is 2. The highest BCUT2D eigenvalue weighted by Crippen LogP contribution is 2.50. The number of methoxy groups -OCH3 is 2. The predicted octanol–water partition coefficient (Wildman–Crippen LogP) is 3.77. The number of carbonyl (C=O) groups excluding carboxylic acids is 1. The first-order chi connectivity index (χ1) is 16.2. The minimum Gasteiger partial charge on any atom is -0.505 e. The summed E-state index contributed by atoms with van der Waals surface area (Å²) in [5.74, 6) is 0.604. The molecule has 0 saturated carbocycles. The summed E-state index contributed by atoms with van der Waals surface area (Å²) in [5, 5.41) is 9.58. The Bertz CT molecular complexity index is 1240. The fourth-order valence-corrected chi connectivity index (χ4v) is 8.06. The maximum absolute atomic E-state index is 13.9. The number of piperazine rings is 1. The van der Waals surface area contributed by atoms with Crippen LogP contribution >= 0.6 is 23.2 Å². The van der Waals surface area contributed by atoms with Crippen molar-refractivity contribution >= 4 is 39.1 Å². The average molecular weight is 527 g/mol. The Kier molecular flexibility index (Phi) is 5.87. The molecule has 2 aromatic carbocycles. The molecule has 1 unspecified atom stereocenters. The molecule has 2 fully saturated rings. The fraction of sp³-hybridized carbons (Fsp3) is 0.435. The van der Waals surface area contributed by atoms with Crippen LogP contribution in [0, 0.1) is 0 Å². The lowest BCUT2D eigenvalue weighted by Gasteiger charge is -2.54. The van der Waals surface area contributed by atoms with Gasteiger partial charge in [-0.05, 0) is 49.4 Å². The molecular weight excluding hydrogens is 503 g/mol. The maximum atomic E-state index is 13.9. The number of phenols is 1. The Morgan fingerprint density at radius 2 is 1.76 bits per heavy atom. The molecule has 0 aromatic heterocycles. The number of nitrogens with zero attached hydrogens (tertiary/aromatic N) is 2. The third-order valence-electron chi connectivity index (χ3n) is 7.02. The van der Waals surface area contributed by atoms with E-state index in [4.69, 9.17) is 32.7 Å². The summed E-state index contributed by atoms with van der Waals surface area (Å²) in [6.45, 7) is 0.491. The standard InChI is InChI=1S/C23H24Cl2N2O6S/c1-32-13-8-12-6-7-26-21(20(12)19(9-13)33-2)17-4-3-5-18(23(26)29)27(17)34(30,31)14-10-15(24)22(28)16(25)11-14/h8-11,17-18,21,28H,3-7H2,1-2H3/t17-,18+,21?/m1/s1. The monoisotopic (exact) mass is 526 g/mol. The van der Waals surface area contributed by atoms with E-state index in [1.165, 1.54) is 16.4 Å². The van der Waals surface area contributed by atoms with Crippen LogP contribution in [0.25, 0.3) is 0 Å². The number of ether oxygens (including phenoxy) is 2. The normalized spacial score (nSPS) is 24.4. The first-order valence-corrected chi connectivity index (χ1v) is 13.2. The highest BCUT2D eigenvalue weighted by molar-refractivity contribution is 7.89. The van der Waals surface area contributed by atoms with Crippen LogP contribution < -0.4 is 9.47 Å². The number of hydrogen-bond acceptors (Lipinski definition) is 6. The van der Waals surface area contributed by atoms with E-state index in [9.17, 15) is 18.3 Å². The van der Waals surface area contributed by atoms with Crippen molar-refractivity contribution < 1.29 is 27.8 Å². The zero-order valence-corrected chi connectivity index (χ0v) is 21.0. The number of phenolic OH excluding ortho intramolecular Hbond substituents is 1. The van der Waals surface area contributed by atoms with E-state index in [0.29, 0.717) is 37.3 Å². The number of amides is 1. The molecule has 0 radical (unpaired) electrons. The summed E-state index contributed by atoms with van der Waals surface area (Å²) >= 11 is 12.1. The molecule has 0 aliphatic carbocycles. The minimum atomic E-state index is -4.16. The van der Waals surface area contributed by atoms with Crippen molar-refractivity contribution in [2.45, 2.75) is 48.7 Å². The SMILES string of the molecule is COc1cc2c(c(OC)c1)C1[C@H]3CCC[C@@H](C(=O)N1CC2)N3S(=O)(=O)c1cc(Cl)c(O)c(Cl)c1. The smallest absolute Gasteiger partial charge is 0.244 e. The Balaban J connectivity index is 1.67. The predicted molar refractivity (Wildman–Crippen MR) is 126 cm³/mol. The Morgan fingerprint density at radius 3 is 2.41 bits per heavy atom. The third-order valence-corrected chi connectivity index (χ3v) is 9.51. The molecule has 1 N–H and O–H groups in total. The number of piperidine rings is 1. The number of carbonyl (C=O) groups is 1. The van der Waals surface area contributed by atoms with Gasteiger partial charge in [-0.15, -0.1) is 0 Å². The lowest BCUT2D eigenvalue weighted by molar-refractivity contribution is -0.150. The first kappa shape index (κ1) is 23.5. The van der Waals surface area contributed by atoms with Crippen LogP contribution in [-0.4, -0.2) is 61.5 Å². The molecule has 3 heterocycles. The van der Waals surface area contributed by atoms with Gasteiger partial charge < -0.3 is 19.5 Å². The first-order valence-electron chi connectivity index (χ1n) is 11.0. The van der Waals surface area contributed by atoms with Gasteiger partial charge in [-0.25, -0.2) is 8.42 Å². The molecule has 2 bridgehead atoms. The molecule has 3 aliphatic heterocycles. The van der Waals surface area contributed by atoms with Crippen molar-refractivity contribution in [1.82, 2.24) is 9.21 Å². The number of fused-ring (bicyclic) bond motifs is 6. The van der Waals surface area contributed by atoms with Gasteiger partial charge in [0.2, 0.25) is 15.9 Å². The average Bonchev–Trinajstić information content (AvgIpc) is 2.83. The van der Waals surface area contributed by atoms with Crippen molar-refractivity contribution in [3.8, 4) is 17.2 Å². The lowest BCUT2D eigenvalue weighted by Crippen LogP contribution is -2.67. The fourth-order valence-electron chi connectivity index (χ4n) is 5.55.